The summed E-state index contributed by atoms with van der Waals surface area (Å²) in [5.41, 5.74) is 0.701. The van der Waals surface area contributed by atoms with Gasteiger partial charge in [0.05, 0.1) is 0 Å². The molecule has 4 aromatic carbocycles. The summed E-state index contributed by atoms with van der Waals surface area (Å²) in [5, 5.41) is 5.47. The van der Waals surface area contributed by atoms with Gasteiger partial charge in [-0.2, -0.15) is 0 Å². The Kier molecular flexibility index (Phi) is 10.8. The molecule has 2 aliphatic carbocycles. The quantitative estimate of drug-likeness (QED) is 0.0997. The van der Waals surface area contributed by atoms with Crippen LogP contribution in [-0.2, 0) is 37.8 Å². The number of halogens is 8. The zero-order valence-electron chi connectivity index (χ0n) is 31.5. The fourth-order valence-electron chi connectivity index (χ4n) is 8.69. The Morgan fingerprint density at radius 3 is 1.21 bits per heavy atom. The molecule has 0 fully saturated rings. The van der Waals surface area contributed by atoms with Crippen molar-refractivity contribution in [3.05, 3.63) is 129 Å². The number of fused-ring (bicyclic) bond motifs is 2. The predicted octanol–water partition coefficient (Wildman–Crippen LogP) is 12.2. The van der Waals surface area contributed by atoms with Crippen LogP contribution in [0.5, 0.6) is 0 Å². The Balaban J connectivity index is 1.75. The van der Waals surface area contributed by atoms with Gasteiger partial charge in [-0.3, -0.25) is 0 Å². The summed E-state index contributed by atoms with van der Waals surface area (Å²) < 4.78 is 83.8. The minimum atomic E-state index is -6.69. The summed E-state index contributed by atoms with van der Waals surface area (Å²) >= 11 is -6.69. The van der Waals surface area contributed by atoms with E-state index in [1.807, 2.05) is 53.7 Å². The normalized spacial score (nSPS) is 17.9. The third kappa shape index (κ3) is 7.01. The number of carbonyl (C=O) groups excluding carboxylic acids is 2. The van der Waals surface area contributed by atoms with Crippen molar-refractivity contribution in [1.29, 1.82) is 0 Å². The van der Waals surface area contributed by atoms with Gasteiger partial charge in [-0.1, -0.05) is 0 Å². The van der Waals surface area contributed by atoms with E-state index in [0.717, 1.165) is 12.1 Å². The summed E-state index contributed by atoms with van der Waals surface area (Å²) in [7, 11) is 17.0. The summed E-state index contributed by atoms with van der Waals surface area (Å²) in [6.07, 6.45) is -4.91. The van der Waals surface area contributed by atoms with E-state index in [4.69, 9.17) is 17.2 Å². The molecule has 2 unspecified atom stereocenters. The van der Waals surface area contributed by atoms with Crippen LogP contribution in [0.1, 0.15) is 82.3 Å². The number of rotatable bonds is 9. The van der Waals surface area contributed by atoms with Gasteiger partial charge in [0.15, 0.2) is 0 Å². The Morgan fingerprint density at radius 2 is 0.893 bits per heavy atom. The van der Waals surface area contributed by atoms with Crippen LogP contribution in [0.4, 0.5) is 26.3 Å². The first-order chi connectivity index (χ1) is 26.0. The Bertz CT molecular complexity index is 2140. The molecule has 6 rings (SSSR count). The molecule has 2 atom stereocenters. The van der Waals surface area contributed by atoms with E-state index < -0.39 is 62.1 Å². The van der Waals surface area contributed by atoms with Gasteiger partial charge in [0, 0.05) is 0 Å². The molecule has 0 spiro atoms. The van der Waals surface area contributed by atoms with Crippen LogP contribution in [0.3, 0.4) is 0 Å². The predicted molar refractivity (Wildman–Crippen MR) is 210 cm³/mol. The number of hydrogen-bond donors (Lipinski definition) is 2. The SMILES string of the molecule is CC(C)(C)C1=Cc2c(-c3ccccc3C(F)(F)F)cccc2[CH]1[Hf]([Cl])([Cl])([B](NC=O)NC=O)[CH]1C(C(C)(C)C)=Cc2c(-c3ccccc3C(F)(F)F)cccc21. The van der Waals surface area contributed by atoms with Crippen molar-refractivity contribution >= 4 is 46.7 Å². The Morgan fingerprint density at radius 1 is 0.554 bits per heavy atom. The number of amides is 2. The number of hydrogen-bond acceptors (Lipinski definition) is 2. The topological polar surface area (TPSA) is 58.2 Å². The molecule has 4 nitrogen and oxygen atoms in total. The zero-order valence-corrected chi connectivity index (χ0v) is 36.6. The molecule has 0 saturated heterocycles. The van der Waals surface area contributed by atoms with Crippen LogP contribution in [0, 0.1) is 10.8 Å². The average molecular weight is 979 g/mol. The van der Waals surface area contributed by atoms with Crippen molar-refractivity contribution in [1.82, 2.24) is 10.5 Å². The van der Waals surface area contributed by atoms with Gasteiger partial charge in [0.25, 0.3) is 0 Å². The first-order valence-electron chi connectivity index (χ1n) is 18.0. The van der Waals surface area contributed by atoms with Gasteiger partial charge in [-0.25, -0.2) is 0 Å². The fraction of sp³-hybridized carbons (Fsp3) is 0.286. The number of benzene rings is 4. The first kappa shape index (κ1) is 42.0. The number of nitrogens with one attached hydrogen (secondary N) is 2. The van der Waals surface area contributed by atoms with Crippen molar-refractivity contribution in [3.8, 4) is 22.3 Å². The first-order valence-corrected chi connectivity index (χ1v) is 33.1. The standard InChI is InChI=1S/2C20H18F3.C2H3BN2O2.2ClH.Hf/c2*1-19(2,3)14-11-13-7-6-9-15(17(13)12-14)16-8-4-5-10-18(16)20(21,22)23;6-1-4-3-5-2-7;;;/h2*4-12H,1-3H3;1-2H,(H-,4,5,6,7);2*1H;/q;;;;;+1/p-1. The van der Waals surface area contributed by atoms with Crippen LogP contribution in [-0.4, -0.2) is 17.4 Å². The van der Waals surface area contributed by atoms with E-state index >= 15 is 0 Å². The minimum absolute atomic E-state index is 0.0508. The second-order valence-corrected chi connectivity index (χ2v) is 46.9. The van der Waals surface area contributed by atoms with E-state index in [2.05, 4.69) is 10.5 Å². The van der Waals surface area contributed by atoms with E-state index in [1.165, 1.54) is 36.4 Å². The second kappa shape index (κ2) is 14.3. The van der Waals surface area contributed by atoms with Crippen molar-refractivity contribution in [2.45, 2.75) is 61.2 Å². The molecule has 0 aromatic heterocycles. The van der Waals surface area contributed by atoms with E-state index in [1.54, 1.807) is 36.4 Å². The molecule has 0 heterocycles. The third-order valence-corrected chi connectivity index (χ3v) is 39.3. The van der Waals surface area contributed by atoms with Crippen LogP contribution in [0.25, 0.3) is 34.4 Å². The summed E-state index contributed by atoms with van der Waals surface area (Å²) in [4.78, 5) is 25.0. The summed E-state index contributed by atoms with van der Waals surface area (Å²) in [5.74, 6) is 0. The Hall–Kier alpha value is -3.60. The molecule has 4 aromatic rings. The molecule has 0 saturated carbocycles. The molecular formula is C42H40BCl2F6HfN2O2. The summed E-state index contributed by atoms with van der Waals surface area (Å²) in [6.45, 7) is 11.6. The van der Waals surface area contributed by atoms with Gasteiger partial charge < -0.3 is 0 Å². The molecule has 0 radical (unpaired) electrons. The van der Waals surface area contributed by atoms with Crippen LogP contribution in [0.2, 0.25) is 0 Å². The van der Waals surface area contributed by atoms with Crippen LogP contribution in [0.15, 0.2) is 96.1 Å². The number of alkyl halides is 6. The van der Waals surface area contributed by atoms with Crippen LogP contribution < -0.4 is 10.5 Å². The maximum absolute atomic E-state index is 14.5. The molecule has 14 heteroatoms. The van der Waals surface area contributed by atoms with Gasteiger partial charge in [-0.15, -0.1) is 0 Å². The van der Waals surface area contributed by atoms with Gasteiger partial charge in [0.1, 0.15) is 0 Å². The summed E-state index contributed by atoms with van der Waals surface area (Å²) in [6, 6.07) is 20.6. The molecule has 293 valence electrons. The molecular weight excluding hydrogens is 939 g/mol. The van der Waals surface area contributed by atoms with Gasteiger partial charge in [-0.05, 0) is 0 Å². The van der Waals surface area contributed by atoms with E-state index in [0.29, 0.717) is 57.3 Å². The van der Waals surface area contributed by atoms with Crippen molar-refractivity contribution in [2.75, 3.05) is 0 Å². The molecule has 2 aliphatic rings. The third-order valence-electron chi connectivity index (χ3n) is 11.0. The zero-order chi connectivity index (χ0) is 41.2. The van der Waals surface area contributed by atoms with E-state index in [9.17, 15) is 35.9 Å². The van der Waals surface area contributed by atoms with Crippen molar-refractivity contribution in [3.63, 3.8) is 0 Å². The average Bonchev–Trinajstić information content (AvgIpc) is 3.73. The second-order valence-electron chi connectivity index (χ2n) is 16.5. The maximum atomic E-state index is 14.5. The monoisotopic (exact) mass is 979 g/mol. The number of carbonyl (C=O) groups is 2. The molecule has 2 N–H and O–H groups in total. The van der Waals surface area contributed by atoms with Crippen molar-refractivity contribution in [2.24, 2.45) is 10.8 Å². The van der Waals surface area contributed by atoms with Gasteiger partial charge >= 0.3 is 333 Å². The fourth-order valence-corrected chi connectivity index (χ4v) is 38.9. The van der Waals surface area contributed by atoms with Gasteiger partial charge in [0.2, 0.25) is 0 Å². The molecule has 0 aliphatic heterocycles. The number of allylic oxidation sites excluding steroid dienone is 2. The Labute approximate surface area is 330 Å². The molecule has 56 heavy (non-hydrogen) atoms. The van der Waals surface area contributed by atoms with E-state index in [-0.39, 0.29) is 11.1 Å². The van der Waals surface area contributed by atoms with Crippen LogP contribution >= 0.6 is 17.2 Å². The van der Waals surface area contributed by atoms with Crippen molar-refractivity contribution < 1.29 is 51.8 Å². The molecule has 0 bridgehead atoms. The molecule has 2 amide bonds.